The number of hydrogen-bond donors (Lipinski definition) is 1. The second kappa shape index (κ2) is 13.3. The SMILES string of the molecule is CCN(CC)CCN1C(=O)C(=O)/C(=C(/O)c2ccc(OCc3ccccc3)c(C)c2)C1c1cccc(OC(C)=O)c1. The minimum absolute atomic E-state index is 0.00752. The van der Waals surface area contributed by atoms with Crippen molar-refractivity contribution >= 4 is 23.4 Å². The monoisotopic (exact) mass is 556 g/mol. The number of carbonyl (C=O) groups excluding carboxylic acids is 3. The van der Waals surface area contributed by atoms with Crippen molar-refractivity contribution in [1.29, 1.82) is 0 Å². The number of likely N-dealkylation sites (tertiary alicyclic amines) is 1. The smallest absolute Gasteiger partial charge is 0.308 e. The first-order valence-electron chi connectivity index (χ1n) is 13.8. The Morgan fingerprint density at radius 1 is 0.976 bits per heavy atom. The standard InChI is InChI=1S/C33H36N2O6/c1-5-34(6-2)17-18-35-30(25-13-10-14-27(20-25)41-23(4)36)29(32(38)33(35)39)31(37)26-15-16-28(22(3)19-26)40-21-24-11-8-7-9-12-24/h7-16,19-20,30,37H,5-6,17-18,21H2,1-4H3/b31-29+. The van der Waals surface area contributed by atoms with Gasteiger partial charge < -0.3 is 24.4 Å². The van der Waals surface area contributed by atoms with Crippen LogP contribution in [-0.2, 0) is 21.0 Å². The molecule has 0 radical (unpaired) electrons. The lowest BCUT2D eigenvalue weighted by Crippen LogP contribution is -2.38. The van der Waals surface area contributed by atoms with E-state index in [9.17, 15) is 19.5 Å². The number of rotatable bonds is 11. The Hall–Kier alpha value is -4.43. The average molecular weight is 557 g/mol. The van der Waals surface area contributed by atoms with E-state index in [1.165, 1.54) is 11.8 Å². The van der Waals surface area contributed by atoms with Gasteiger partial charge in [-0.3, -0.25) is 14.4 Å². The minimum Gasteiger partial charge on any atom is -0.507 e. The highest BCUT2D eigenvalue weighted by molar-refractivity contribution is 6.46. The van der Waals surface area contributed by atoms with Crippen molar-refractivity contribution in [3.8, 4) is 11.5 Å². The zero-order chi connectivity index (χ0) is 29.5. The number of aliphatic hydroxyl groups is 1. The number of carbonyl (C=O) groups is 3. The quantitative estimate of drug-likeness (QED) is 0.113. The summed E-state index contributed by atoms with van der Waals surface area (Å²) in [5.74, 6) is -1.25. The van der Waals surface area contributed by atoms with Crippen LogP contribution in [0, 0.1) is 6.92 Å². The molecule has 8 heteroatoms. The predicted octanol–water partition coefficient (Wildman–Crippen LogP) is 5.26. The van der Waals surface area contributed by atoms with Crippen LogP contribution in [0.2, 0.25) is 0 Å². The van der Waals surface area contributed by atoms with Crippen LogP contribution < -0.4 is 9.47 Å². The summed E-state index contributed by atoms with van der Waals surface area (Å²) in [6.07, 6.45) is 0. The summed E-state index contributed by atoms with van der Waals surface area (Å²) in [4.78, 5) is 42.0. The molecule has 8 nitrogen and oxygen atoms in total. The van der Waals surface area contributed by atoms with Gasteiger partial charge in [0.1, 0.15) is 23.9 Å². The third-order valence-electron chi connectivity index (χ3n) is 7.21. The molecule has 214 valence electrons. The van der Waals surface area contributed by atoms with Crippen molar-refractivity contribution in [2.45, 2.75) is 40.3 Å². The fourth-order valence-electron chi connectivity index (χ4n) is 5.01. The van der Waals surface area contributed by atoms with E-state index in [2.05, 4.69) is 4.90 Å². The van der Waals surface area contributed by atoms with E-state index >= 15 is 0 Å². The highest BCUT2D eigenvalue weighted by atomic mass is 16.5. The normalized spacial score (nSPS) is 16.3. The van der Waals surface area contributed by atoms with Crippen LogP contribution >= 0.6 is 0 Å². The van der Waals surface area contributed by atoms with Gasteiger partial charge in [-0.15, -0.1) is 0 Å². The van der Waals surface area contributed by atoms with Crippen LogP contribution in [0.5, 0.6) is 11.5 Å². The number of Topliss-reactive ketones (excluding diaryl/α,β-unsaturated/α-hetero) is 1. The van der Waals surface area contributed by atoms with Gasteiger partial charge >= 0.3 is 5.97 Å². The van der Waals surface area contributed by atoms with Gasteiger partial charge in [-0.2, -0.15) is 0 Å². The fourth-order valence-corrected chi connectivity index (χ4v) is 5.01. The molecule has 1 aliphatic heterocycles. The molecule has 1 atom stereocenters. The van der Waals surface area contributed by atoms with E-state index in [0.29, 0.717) is 35.8 Å². The first-order chi connectivity index (χ1) is 19.7. The summed E-state index contributed by atoms with van der Waals surface area (Å²) in [5, 5.41) is 11.5. The van der Waals surface area contributed by atoms with Crippen molar-refractivity contribution in [3.05, 3.63) is 101 Å². The maximum atomic E-state index is 13.4. The molecule has 1 unspecified atom stereocenters. The Bertz CT molecular complexity index is 1450. The van der Waals surface area contributed by atoms with Gasteiger partial charge in [-0.25, -0.2) is 0 Å². The molecule has 3 aromatic rings. The maximum Gasteiger partial charge on any atom is 0.308 e. The fraction of sp³-hybridized carbons (Fsp3) is 0.303. The number of esters is 1. The second-order valence-corrected chi connectivity index (χ2v) is 9.94. The van der Waals surface area contributed by atoms with Gasteiger partial charge in [-0.05, 0) is 67.0 Å². The Kier molecular flexibility index (Phi) is 9.57. The molecule has 4 rings (SSSR count). The third kappa shape index (κ3) is 6.84. The Morgan fingerprint density at radius 3 is 2.37 bits per heavy atom. The predicted molar refractivity (Wildman–Crippen MR) is 157 cm³/mol. The zero-order valence-electron chi connectivity index (χ0n) is 23.9. The van der Waals surface area contributed by atoms with Crippen molar-refractivity contribution in [2.24, 2.45) is 0 Å². The first-order valence-corrected chi connectivity index (χ1v) is 13.8. The van der Waals surface area contributed by atoms with Crippen LogP contribution in [0.4, 0.5) is 0 Å². The summed E-state index contributed by atoms with van der Waals surface area (Å²) >= 11 is 0. The molecular formula is C33H36N2O6. The summed E-state index contributed by atoms with van der Waals surface area (Å²) < 4.78 is 11.2. The van der Waals surface area contributed by atoms with E-state index < -0.39 is 23.7 Å². The van der Waals surface area contributed by atoms with Crippen LogP contribution in [-0.4, -0.2) is 58.7 Å². The van der Waals surface area contributed by atoms with Gasteiger partial charge in [0.15, 0.2) is 0 Å². The van der Waals surface area contributed by atoms with Crippen LogP contribution in [0.15, 0.2) is 78.4 Å². The van der Waals surface area contributed by atoms with Gasteiger partial charge in [-0.1, -0.05) is 56.3 Å². The Morgan fingerprint density at radius 2 is 1.71 bits per heavy atom. The molecule has 1 amide bonds. The molecular weight excluding hydrogens is 520 g/mol. The molecule has 0 aromatic heterocycles. The number of ketones is 1. The lowest BCUT2D eigenvalue weighted by molar-refractivity contribution is -0.140. The van der Waals surface area contributed by atoms with Crippen molar-refractivity contribution < 1.29 is 29.0 Å². The molecule has 41 heavy (non-hydrogen) atoms. The lowest BCUT2D eigenvalue weighted by atomic mass is 9.94. The van der Waals surface area contributed by atoms with Crippen LogP contribution in [0.25, 0.3) is 5.76 Å². The van der Waals surface area contributed by atoms with E-state index in [4.69, 9.17) is 9.47 Å². The molecule has 0 aliphatic carbocycles. The van der Waals surface area contributed by atoms with E-state index in [1.54, 1.807) is 42.5 Å². The summed E-state index contributed by atoms with van der Waals surface area (Å²) in [7, 11) is 0. The number of ether oxygens (including phenoxy) is 2. The summed E-state index contributed by atoms with van der Waals surface area (Å²) in [5.41, 5.74) is 2.75. The van der Waals surface area contributed by atoms with Gasteiger partial charge in [0.05, 0.1) is 11.6 Å². The van der Waals surface area contributed by atoms with Crippen LogP contribution in [0.3, 0.4) is 0 Å². The van der Waals surface area contributed by atoms with Crippen molar-refractivity contribution in [1.82, 2.24) is 9.80 Å². The molecule has 0 bridgehead atoms. The number of likely N-dealkylation sites (N-methyl/N-ethyl adjacent to an activating group) is 1. The topological polar surface area (TPSA) is 96.4 Å². The van der Waals surface area contributed by atoms with Crippen molar-refractivity contribution in [3.63, 3.8) is 0 Å². The van der Waals surface area contributed by atoms with E-state index in [0.717, 1.165) is 24.2 Å². The molecule has 1 aliphatic rings. The number of nitrogens with zero attached hydrogens (tertiary/aromatic N) is 2. The second-order valence-electron chi connectivity index (χ2n) is 9.94. The number of aliphatic hydroxyl groups excluding tert-OH is 1. The highest BCUT2D eigenvalue weighted by Gasteiger charge is 2.46. The zero-order valence-corrected chi connectivity index (χ0v) is 23.9. The average Bonchev–Trinajstić information content (AvgIpc) is 3.22. The van der Waals surface area contributed by atoms with Crippen LogP contribution in [0.1, 0.15) is 49.1 Å². The van der Waals surface area contributed by atoms with Gasteiger partial charge in [0, 0.05) is 25.6 Å². The maximum absolute atomic E-state index is 13.4. The van der Waals surface area contributed by atoms with E-state index in [1.807, 2.05) is 51.1 Å². The number of benzene rings is 3. The molecule has 1 fully saturated rings. The Labute approximate surface area is 240 Å². The number of aryl methyl sites for hydroxylation is 1. The molecule has 1 heterocycles. The number of amides is 1. The molecule has 0 saturated carbocycles. The summed E-state index contributed by atoms with van der Waals surface area (Å²) in [6.45, 7) is 10.1. The Balaban J connectivity index is 1.72. The molecule has 0 spiro atoms. The largest absolute Gasteiger partial charge is 0.507 e. The molecule has 3 aromatic carbocycles. The summed E-state index contributed by atoms with van der Waals surface area (Å²) in [6, 6.07) is 20.8. The molecule has 1 N–H and O–H groups in total. The highest BCUT2D eigenvalue weighted by Crippen LogP contribution is 2.40. The van der Waals surface area contributed by atoms with Gasteiger partial charge in [0.25, 0.3) is 11.7 Å². The minimum atomic E-state index is -0.851. The van der Waals surface area contributed by atoms with Crippen molar-refractivity contribution in [2.75, 3.05) is 26.2 Å². The lowest BCUT2D eigenvalue weighted by Gasteiger charge is -2.28. The first kappa shape index (κ1) is 29.6. The number of hydrogen-bond acceptors (Lipinski definition) is 7. The molecule has 1 saturated heterocycles. The van der Waals surface area contributed by atoms with E-state index in [-0.39, 0.29) is 17.9 Å². The van der Waals surface area contributed by atoms with Gasteiger partial charge in [0.2, 0.25) is 0 Å². The third-order valence-corrected chi connectivity index (χ3v) is 7.21.